The highest BCUT2D eigenvalue weighted by Crippen LogP contribution is 2.42. The SMILES string of the molecule is NC(=O)N1C2CCC1c1ccncc1C2. The molecule has 0 aliphatic carbocycles. The van der Waals surface area contributed by atoms with E-state index in [2.05, 4.69) is 4.98 Å². The summed E-state index contributed by atoms with van der Waals surface area (Å²) in [5.74, 6) is 0. The van der Waals surface area contributed by atoms with E-state index in [1.54, 1.807) is 6.20 Å². The molecule has 1 aromatic heterocycles. The lowest BCUT2D eigenvalue weighted by atomic mass is 9.95. The Labute approximate surface area is 88.1 Å². The van der Waals surface area contributed by atoms with Gasteiger partial charge in [-0.3, -0.25) is 4.98 Å². The van der Waals surface area contributed by atoms with Gasteiger partial charge in [0, 0.05) is 18.4 Å². The van der Waals surface area contributed by atoms with Gasteiger partial charge in [-0.2, -0.15) is 0 Å². The highest BCUT2D eigenvalue weighted by atomic mass is 16.2. The molecule has 2 aliphatic rings. The molecule has 4 nitrogen and oxygen atoms in total. The van der Waals surface area contributed by atoms with Crippen molar-refractivity contribution in [2.45, 2.75) is 31.3 Å². The minimum Gasteiger partial charge on any atom is -0.351 e. The maximum absolute atomic E-state index is 11.4. The monoisotopic (exact) mass is 203 g/mol. The molecule has 78 valence electrons. The van der Waals surface area contributed by atoms with Gasteiger partial charge in [0.25, 0.3) is 0 Å². The summed E-state index contributed by atoms with van der Waals surface area (Å²) in [5, 5.41) is 0. The zero-order chi connectivity index (χ0) is 10.4. The number of carbonyl (C=O) groups is 1. The van der Waals surface area contributed by atoms with Gasteiger partial charge in [0.05, 0.1) is 6.04 Å². The van der Waals surface area contributed by atoms with Crippen molar-refractivity contribution < 1.29 is 4.79 Å². The van der Waals surface area contributed by atoms with Crippen molar-refractivity contribution in [3.8, 4) is 0 Å². The third-order valence-electron chi connectivity index (χ3n) is 3.51. The van der Waals surface area contributed by atoms with Crippen LogP contribution in [0.4, 0.5) is 4.79 Å². The number of rotatable bonds is 0. The first-order valence-electron chi connectivity index (χ1n) is 5.28. The van der Waals surface area contributed by atoms with Crippen molar-refractivity contribution in [1.82, 2.24) is 9.88 Å². The highest BCUT2D eigenvalue weighted by Gasteiger charge is 2.41. The predicted octanol–water partition coefficient (Wildman–Crippen LogP) is 1.22. The Balaban J connectivity index is 2.08. The zero-order valence-corrected chi connectivity index (χ0v) is 8.39. The van der Waals surface area contributed by atoms with Crippen molar-refractivity contribution in [1.29, 1.82) is 0 Å². The molecule has 2 amide bonds. The van der Waals surface area contributed by atoms with Gasteiger partial charge < -0.3 is 10.6 Å². The Bertz CT molecular complexity index is 418. The molecule has 0 aromatic carbocycles. The molecule has 2 N–H and O–H groups in total. The van der Waals surface area contributed by atoms with Crippen molar-refractivity contribution >= 4 is 6.03 Å². The molecule has 3 rings (SSSR count). The van der Waals surface area contributed by atoms with Crippen molar-refractivity contribution in [2.24, 2.45) is 5.73 Å². The number of nitrogens with two attached hydrogens (primary N) is 1. The molecule has 1 fully saturated rings. The molecule has 3 heterocycles. The van der Waals surface area contributed by atoms with E-state index in [1.165, 1.54) is 11.1 Å². The molecule has 0 spiro atoms. The quantitative estimate of drug-likeness (QED) is 0.689. The van der Waals surface area contributed by atoms with Gasteiger partial charge in [-0.1, -0.05) is 0 Å². The zero-order valence-electron chi connectivity index (χ0n) is 8.39. The highest BCUT2D eigenvalue weighted by molar-refractivity contribution is 5.74. The molecule has 0 radical (unpaired) electrons. The number of primary amides is 1. The van der Waals surface area contributed by atoms with Gasteiger partial charge in [0.2, 0.25) is 0 Å². The standard InChI is InChI=1S/C11H13N3O/c12-11(15)14-8-1-2-10(14)9-3-4-13-6-7(9)5-8/h3-4,6,8,10H,1-2,5H2,(H2,12,15). The Morgan fingerprint density at radius 3 is 3.20 bits per heavy atom. The molecule has 4 heteroatoms. The molecule has 1 saturated heterocycles. The first-order valence-corrected chi connectivity index (χ1v) is 5.28. The number of nitrogens with zero attached hydrogens (tertiary/aromatic N) is 2. The maximum atomic E-state index is 11.4. The summed E-state index contributed by atoms with van der Waals surface area (Å²) in [6.45, 7) is 0. The van der Waals surface area contributed by atoms with E-state index in [0.717, 1.165) is 19.3 Å². The van der Waals surface area contributed by atoms with Crippen LogP contribution in [0.1, 0.15) is 30.0 Å². The number of pyridine rings is 1. The molecule has 15 heavy (non-hydrogen) atoms. The second-order valence-electron chi connectivity index (χ2n) is 4.27. The van der Waals surface area contributed by atoms with Crippen LogP contribution in [0.15, 0.2) is 18.5 Å². The molecule has 0 saturated carbocycles. The Kier molecular flexibility index (Phi) is 1.71. The van der Waals surface area contributed by atoms with Crippen LogP contribution in [-0.4, -0.2) is 22.0 Å². The Morgan fingerprint density at radius 1 is 1.53 bits per heavy atom. The van der Waals surface area contributed by atoms with E-state index in [0.29, 0.717) is 6.04 Å². The number of hydrogen-bond acceptors (Lipinski definition) is 2. The number of aromatic nitrogens is 1. The first-order chi connectivity index (χ1) is 7.27. The summed E-state index contributed by atoms with van der Waals surface area (Å²) in [7, 11) is 0. The summed E-state index contributed by atoms with van der Waals surface area (Å²) in [5.41, 5.74) is 7.93. The lowest BCUT2D eigenvalue weighted by molar-refractivity contribution is 0.175. The van der Waals surface area contributed by atoms with E-state index < -0.39 is 0 Å². The molecule has 1 aromatic rings. The van der Waals surface area contributed by atoms with Gasteiger partial charge in [-0.05, 0) is 36.5 Å². The van der Waals surface area contributed by atoms with E-state index >= 15 is 0 Å². The fourth-order valence-electron chi connectivity index (χ4n) is 2.91. The van der Waals surface area contributed by atoms with Gasteiger partial charge in [-0.15, -0.1) is 0 Å². The average molecular weight is 203 g/mol. The average Bonchev–Trinajstić information content (AvgIpc) is 2.55. The van der Waals surface area contributed by atoms with Gasteiger partial charge in [0.15, 0.2) is 0 Å². The maximum Gasteiger partial charge on any atom is 0.315 e. The third kappa shape index (κ3) is 1.14. The van der Waals surface area contributed by atoms with Crippen LogP contribution in [0.3, 0.4) is 0 Å². The lowest BCUT2D eigenvalue weighted by Crippen LogP contribution is -2.44. The van der Waals surface area contributed by atoms with Gasteiger partial charge in [0.1, 0.15) is 0 Å². The Hall–Kier alpha value is -1.58. The number of carbonyl (C=O) groups excluding carboxylic acids is 1. The Morgan fingerprint density at radius 2 is 2.40 bits per heavy atom. The molecular weight excluding hydrogens is 190 g/mol. The number of hydrogen-bond donors (Lipinski definition) is 1. The third-order valence-corrected chi connectivity index (χ3v) is 3.51. The summed E-state index contributed by atoms with van der Waals surface area (Å²) in [6, 6.07) is 2.21. The smallest absolute Gasteiger partial charge is 0.315 e. The van der Waals surface area contributed by atoms with E-state index in [9.17, 15) is 4.79 Å². The van der Waals surface area contributed by atoms with Crippen LogP contribution < -0.4 is 5.73 Å². The van der Waals surface area contributed by atoms with Crippen LogP contribution in [-0.2, 0) is 6.42 Å². The topological polar surface area (TPSA) is 59.2 Å². The van der Waals surface area contributed by atoms with Crippen LogP contribution in [0.5, 0.6) is 0 Å². The molecule has 2 unspecified atom stereocenters. The summed E-state index contributed by atoms with van der Waals surface area (Å²) < 4.78 is 0. The molecule has 2 atom stereocenters. The van der Waals surface area contributed by atoms with Crippen molar-refractivity contribution in [3.63, 3.8) is 0 Å². The molecular formula is C11H13N3O. The van der Waals surface area contributed by atoms with Crippen molar-refractivity contribution in [2.75, 3.05) is 0 Å². The van der Waals surface area contributed by atoms with Crippen LogP contribution in [0, 0.1) is 0 Å². The minimum atomic E-state index is -0.287. The van der Waals surface area contributed by atoms with E-state index in [-0.39, 0.29) is 12.1 Å². The van der Waals surface area contributed by atoms with Crippen molar-refractivity contribution in [3.05, 3.63) is 29.6 Å². The van der Waals surface area contributed by atoms with Gasteiger partial charge >= 0.3 is 6.03 Å². The lowest BCUT2D eigenvalue weighted by Gasteiger charge is -2.34. The number of urea groups is 1. The summed E-state index contributed by atoms with van der Waals surface area (Å²) >= 11 is 0. The number of amides is 2. The minimum absolute atomic E-state index is 0.194. The largest absolute Gasteiger partial charge is 0.351 e. The number of fused-ring (bicyclic) bond motifs is 4. The van der Waals surface area contributed by atoms with Crippen LogP contribution >= 0.6 is 0 Å². The fraction of sp³-hybridized carbons (Fsp3) is 0.455. The van der Waals surface area contributed by atoms with E-state index in [4.69, 9.17) is 5.73 Å². The first kappa shape index (κ1) is 8.71. The normalized spacial score (nSPS) is 27.6. The molecule has 2 aliphatic heterocycles. The summed E-state index contributed by atoms with van der Waals surface area (Å²) in [6.07, 6.45) is 6.70. The van der Waals surface area contributed by atoms with Gasteiger partial charge in [-0.25, -0.2) is 4.79 Å². The summed E-state index contributed by atoms with van der Waals surface area (Å²) in [4.78, 5) is 17.3. The second kappa shape index (κ2) is 2.95. The fourth-order valence-corrected chi connectivity index (χ4v) is 2.91. The van der Waals surface area contributed by atoms with Crippen LogP contribution in [0.2, 0.25) is 0 Å². The second-order valence-corrected chi connectivity index (χ2v) is 4.27. The van der Waals surface area contributed by atoms with E-state index in [1.807, 2.05) is 17.2 Å². The predicted molar refractivity (Wildman–Crippen MR) is 55.1 cm³/mol. The molecule has 2 bridgehead atoms. The van der Waals surface area contributed by atoms with Crippen LogP contribution in [0.25, 0.3) is 0 Å².